The second-order valence-electron chi connectivity index (χ2n) is 5.57. The van der Waals surface area contributed by atoms with Crippen LogP contribution in [0.5, 0.6) is 0 Å². The summed E-state index contributed by atoms with van der Waals surface area (Å²) in [6.45, 7) is 0. The van der Waals surface area contributed by atoms with Crippen LogP contribution in [0.4, 0.5) is 0 Å². The van der Waals surface area contributed by atoms with Gasteiger partial charge in [-0.2, -0.15) is 0 Å². The highest BCUT2D eigenvalue weighted by atomic mass is 32.2. The van der Waals surface area contributed by atoms with Crippen molar-refractivity contribution in [2.24, 2.45) is 0 Å². The van der Waals surface area contributed by atoms with Crippen molar-refractivity contribution in [1.29, 1.82) is 0 Å². The van der Waals surface area contributed by atoms with Crippen molar-refractivity contribution in [1.82, 2.24) is 24.9 Å². The summed E-state index contributed by atoms with van der Waals surface area (Å²) < 4.78 is 28.3. The predicted octanol–water partition coefficient (Wildman–Crippen LogP) is 1.36. The molecular formula is C15H17N5O3S. The summed E-state index contributed by atoms with van der Waals surface area (Å²) in [5.41, 5.74) is 1.49. The minimum Gasteiger partial charge on any atom is -0.274 e. The maximum absolute atomic E-state index is 12.4. The third-order valence-corrected chi connectivity index (χ3v) is 5.13. The first-order chi connectivity index (χ1) is 11.5. The highest BCUT2D eigenvalue weighted by Crippen LogP contribution is 2.20. The average Bonchev–Trinajstić information content (AvgIpc) is 3.10. The molecule has 0 fully saturated rings. The fraction of sp³-hybridized carbons (Fsp3) is 0.333. The van der Waals surface area contributed by atoms with Crippen LogP contribution in [0.25, 0.3) is 5.69 Å². The van der Waals surface area contributed by atoms with E-state index in [1.807, 2.05) is 6.08 Å². The molecule has 1 N–H and O–H groups in total. The topological polar surface area (TPSA) is 107 Å². The number of benzene rings is 1. The van der Waals surface area contributed by atoms with Crippen LogP contribution in [0.1, 0.15) is 32.1 Å². The molecule has 1 heterocycles. The van der Waals surface area contributed by atoms with E-state index in [2.05, 4.69) is 20.2 Å². The maximum Gasteiger partial charge on any atom is 0.264 e. The van der Waals surface area contributed by atoms with E-state index >= 15 is 0 Å². The summed E-state index contributed by atoms with van der Waals surface area (Å²) in [6, 6.07) is 6.07. The van der Waals surface area contributed by atoms with Crippen LogP contribution in [0.2, 0.25) is 0 Å². The molecule has 0 unspecified atom stereocenters. The van der Waals surface area contributed by atoms with Crippen LogP contribution in [-0.4, -0.2) is 34.5 Å². The molecule has 2 aromatic rings. The Morgan fingerprint density at radius 1 is 1.29 bits per heavy atom. The molecule has 0 radical (unpaired) electrons. The minimum absolute atomic E-state index is 0.0125. The van der Waals surface area contributed by atoms with Crippen LogP contribution in [0.3, 0.4) is 0 Å². The molecule has 1 amide bonds. The third-order valence-electron chi connectivity index (χ3n) is 3.76. The lowest BCUT2D eigenvalue weighted by Gasteiger charge is -2.13. The first-order valence-electron chi connectivity index (χ1n) is 7.61. The predicted molar refractivity (Wildman–Crippen MR) is 85.7 cm³/mol. The minimum atomic E-state index is -3.93. The number of hydrogen-bond donors (Lipinski definition) is 1. The van der Waals surface area contributed by atoms with E-state index in [1.165, 1.54) is 23.1 Å². The quantitative estimate of drug-likeness (QED) is 0.818. The van der Waals surface area contributed by atoms with Gasteiger partial charge >= 0.3 is 0 Å². The molecule has 0 aliphatic heterocycles. The van der Waals surface area contributed by atoms with E-state index in [4.69, 9.17) is 0 Å². The van der Waals surface area contributed by atoms with Crippen molar-refractivity contribution in [2.75, 3.05) is 0 Å². The molecule has 24 heavy (non-hydrogen) atoms. The first-order valence-corrected chi connectivity index (χ1v) is 9.10. The first kappa shape index (κ1) is 16.3. The number of sulfonamides is 1. The number of allylic oxidation sites excluding steroid dienone is 1. The fourth-order valence-electron chi connectivity index (χ4n) is 2.59. The Hall–Kier alpha value is -2.55. The number of aromatic nitrogens is 4. The van der Waals surface area contributed by atoms with E-state index in [-0.39, 0.29) is 11.3 Å². The van der Waals surface area contributed by atoms with Gasteiger partial charge in [0.05, 0.1) is 10.6 Å². The SMILES string of the molecule is O=C(CC1=CCCCC1)NS(=O)(=O)c1cccc(-n2cnnn2)c1. The Balaban J connectivity index is 1.74. The van der Waals surface area contributed by atoms with Gasteiger partial charge in [-0.25, -0.2) is 17.8 Å². The van der Waals surface area contributed by atoms with E-state index in [0.717, 1.165) is 31.3 Å². The molecule has 3 rings (SSSR count). The number of nitrogens with one attached hydrogen (secondary N) is 1. The number of rotatable bonds is 5. The number of hydrogen-bond acceptors (Lipinski definition) is 6. The second-order valence-corrected chi connectivity index (χ2v) is 7.25. The van der Waals surface area contributed by atoms with Crippen molar-refractivity contribution >= 4 is 15.9 Å². The molecule has 1 aromatic heterocycles. The van der Waals surface area contributed by atoms with E-state index < -0.39 is 15.9 Å². The summed E-state index contributed by atoms with van der Waals surface area (Å²) in [6.07, 6.45) is 7.46. The Kier molecular flexibility index (Phi) is 4.70. The van der Waals surface area contributed by atoms with Gasteiger partial charge in [-0.1, -0.05) is 17.7 Å². The second kappa shape index (κ2) is 6.91. The number of tetrazole rings is 1. The van der Waals surface area contributed by atoms with Gasteiger partial charge in [0, 0.05) is 6.42 Å². The van der Waals surface area contributed by atoms with Crippen LogP contribution in [0.15, 0.2) is 47.1 Å². The van der Waals surface area contributed by atoms with E-state index in [0.29, 0.717) is 5.69 Å². The zero-order chi connectivity index (χ0) is 17.0. The van der Waals surface area contributed by atoms with Crippen LogP contribution >= 0.6 is 0 Å². The van der Waals surface area contributed by atoms with Gasteiger partial charge in [-0.05, 0) is 54.3 Å². The summed E-state index contributed by atoms with van der Waals surface area (Å²) >= 11 is 0. The average molecular weight is 347 g/mol. The zero-order valence-corrected chi connectivity index (χ0v) is 13.7. The molecule has 126 valence electrons. The molecule has 1 aliphatic carbocycles. The standard InChI is InChI=1S/C15H17N5O3S/c21-15(9-12-5-2-1-3-6-12)17-24(22,23)14-8-4-7-13(10-14)20-11-16-18-19-20/h4-5,7-8,10-11H,1-3,6,9H2,(H,17,21). The lowest BCUT2D eigenvalue weighted by atomic mass is 9.97. The Morgan fingerprint density at radius 3 is 2.88 bits per heavy atom. The number of amides is 1. The smallest absolute Gasteiger partial charge is 0.264 e. The fourth-order valence-corrected chi connectivity index (χ4v) is 3.61. The van der Waals surface area contributed by atoms with E-state index in [9.17, 15) is 13.2 Å². The van der Waals surface area contributed by atoms with Gasteiger partial charge in [-0.15, -0.1) is 5.10 Å². The van der Waals surface area contributed by atoms with Gasteiger partial charge in [0.2, 0.25) is 5.91 Å². The zero-order valence-electron chi connectivity index (χ0n) is 12.9. The van der Waals surface area contributed by atoms with Crippen molar-refractivity contribution in [2.45, 2.75) is 37.0 Å². The van der Waals surface area contributed by atoms with Gasteiger partial charge in [0.25, 0.3) is 10.0 Å². The number of carbonyl (C=O) groups is 1. The lowest BCUT2D eigenvalue weighted by molar-refractivity contribution is -0.118. The van der Waals surface area contributed by atoms with Crippen LogP contribution in [0, 0.1) is 0 Å². The number of nitrogens with zero attached hydrogens (tertiary/aromatic N) is 4. The highest BCUT2D eigenvalue weighted by molar-refractivity contribution is 7.90. The summed E-state index contributed by atoms with van der Waals surface area (Å²) in [7, 11) is -3.93. The van der Waals surface area contributed by atoms with Crippen LogP contribution in [-0.2, 0) is 14.8 Å². The number of carbonyl (C=O) groups excluding carboxylic acids is 1. The Labute approximate surface area is 139 Å². The summed E-state index contributed by atoms with van der Waals surface area (Å²) in [4.78, 5) is 12.0. The summed E-state index contributed by atoms with van der Waals surface area (Å²) in [5, 5.41) is 10.7. The normalized spacial score (nSPS) is 14.9. The molecule has 0 bridgehead atoms. The van der Waals surface area contributed by atoms with Gasteiger partial charge in [0.1, 0.15) is 6.33 Å². The molecule has 1 aromatic carbocycles. The highest BCUT2D eigenvalue weighted by Gasteiger charge is 2.19. The maximum atomic E-state index is 12.4. The molecule has 0 saturated carbocycles. The van der Waals surface area contributed by atoms with Crippen LogP contribution < -0.4 is 4.72 Å². The lowest BCUT2D eigenvalue weighted by Crippen LogP contribution is -2.30. The summed E-state index contributed by atoms with van der Waals surface area (Å²) in [5.74, 6) is -0.518. The Bertz CT molecular complexity index is 859. The van der Waals surface area contributed by atoms with Gasteiger partial charge in [0.15, 0.2) is 0 Å². The van der Waals surface area contributed by atoms with Crippen molar-refractivity contribution in [3.8, 4) is 5.69 Å². The molecule has 0 atom stereocenters. The van der Waals surface area contributed by atoms with E-state index in [1.54, 1.807) is 12.1 Å². The van der Waals surface area contributed by atoms with Gasteiger partial charge < -0.3 is 0 Å². The molecule has 8 nitrogen and oxygen atoms in total. The molecule has 9 heteroatoms. The van der Waals surface area contributed by atoms with Gasteiger partial charge in [-0.3, -0.25) is 4.79 Å². The largest absolute Gasteiger partial charge is 0.274 e. The van der Waals surface area contributed by atoms with Crippen molar-refractivity contribution in [3.63, 3.8) is 0 Å². The molecule has 0 saturated heterocycles. The molecule has 1 aliphatic rings. The van der Waals surface area contributed by atoms with Crippen molar-refractivity contribution < 1.29 is 13.2 Å². The third kappa shape index (κ3) is 3.85. The molecule has 0 spiro atoms. The Morgan fingerprint density at radius 2 is 2.17 bits per heavy atom. The van der Waals surface area contributed by atoms with Crippen molar-refractivity contribution in [3.05, 3.63) is 42.2 Å². The molecular weight excluding hydrogens is 330 g/mol. The monoisotopic (exact) mass is 347 g/mol.